The van der Waals surface area contributed by atoms with Crippen molar-refractivity contribution in [2.45, 2.75) is 25.6 Å². The Bertz CT molecular complexity index is 480. The number of thioether (sulfide) groups is 1. The van der Waals surface area contributed by atoms with Gasteiger partial charge in [0.1, 0.15) is 6.10 Å². The highest BCUT2D eigenvalue weighted by Gasteiger charge is 2.22. The zero-order chi connectivity index (χ0) is 16.7. The van der Waals surface area contributed by atoms with Gasteiger partial charge < -0.3 is 24.4 Å². The number of benzene rings is 1. The first-order chi connectivity index (χ1) is 10.4. The molecule has 1 aromatic carbocycles. The van der Waals surface area contributed by atoms with Crippen LogP contribution in [-0.4, -0.2) is 48.5 Å². The number of hydrogen-bond acceptors (Lipinski definition) is 7. The van der Waals surface area contributed by atoms with Crippen LogP contribution in [0.15, 0.2) is 12.1 Å². The highest BCUT2D eigenvalue weighted by atomic mass is 32.2. The molecule has 2 N–H and O–H groups in total. The molecule has 0 saturated carbocycles. The van der Waals surface area contributed by atoms with Gasteiger partial charge in [-0.1, -0.05) is 11.8 Å². The molecule has 2 unspecified atom stereocenters. The van der Waals surface area contributed by atoms with E-state index in [0.29, 0.717) is 35.0 Å². The van der Waals surface area contributed by atoms with Gasteiger partial charge in [0, 0.05) is 12.7 Å². The van der Waals surface area contributed by atoms with Gasteiger partial charge >= 0.3 is 0 Å². The largest absolute Gasteiger partial charge is 0.493 e. The second kappa shape index (κ2) is 8.87. The van der Waals surface area contributed by atoms with E-state index in [1.165, 1.54) is 28.3 Å². The molecular weight excluding hydrogens is 308 g/mol. The summed E-state index contributed by atoms with van der Waals surface area (Å²) in [5.41, 5.74) is 0.454. The molecule has 0 aliphatic heterocycles. The molecule has 2 atom stereocenters. The Morgan fingerprint density at radius 2 is 1.68 bits per heavy atom. The predicted octanol–water partition coefficient (Wildman–Crippen LogP) is 1.78. The van der Waals surface area contributed by atoms with Crippen molar-refractivity contribution in [1.82, 2.24) is 0 Å². The first kappa shape index (κ1) is 18.6. The van der Waals surface area contributed by atoms with Crippen LogP contribution in [0.3, 0.4) is 0 Å². The molecule has 0 amide bonds. The summed E-state index contributed by atoms with van der Waals surface area (Å²) in [7, 11) is 4.45. The number of hydrogen-bond donors (Lipinski definition) is 2. The third-order valence-corrected chi connectivity index (χ3v) is 3.96. The summed E-state index contributed by atoms with van der Waals surface area (Å²) in [6, 6.07) is 3.18. The Kier molecular flexibility index (Phi) is 7.50. The van der Waals surface area contributed by atoms with Crippen molar-refractivity contribution in [3.05, 3.63) is 17.7 Å². The molecule has 7 heteroatoms. The Morgan fingerprint density at radius 1 is 1.14 bits per heavy atom. The summed E-state index contributed by atoms with van der Waals surface area (Å²) in [5, 5.41) is 20.3. The number of aliphatic hydroxyl groups is 2. The highest BCUT2D eigenvalue weighted by molar-refractivity contribution is 8.13. The van der Waals surface area contributed by atoms with Crippen LogP contribution in [0.5, 0.6) is 17.2 Å². The average Bonchev–Trinajstić information content (AvgIpc) is 2.51. The molecule has 1 rings (SSSR count). The minimum atomic E-state index is -1.11. The number of rotatable bonds is 8. The number of carbonyl (C=O) groups excluding carboxylic acids is 1. The van der Waals surface area contributed by atoms with Gasteiger partial charge in [-0.2, -0.15) is 0 Å². The van der Waals surface area contributed by atoms with Crippen LogP contribution < -0.4 is 14.2 Å². The summed E-state index contributed by atoms with van der Waals surface area (Å²) in [5.74, 6) is 1.67. The third kappa shape index (κ3) is 4.79. The van der Waals surface area contributed by atoms with E-state index in [0.717, 1.165) is 11.8 Å². The van der Waals surface area contributed by atoms with Crippen LogP contribution in [0.1, 0.15) is 25.0 Å². The van der Waals surface area contributed by atoms with Crippen LogP contribution >= 0.6 is 11.8 Å². The SMILES string of the molecule is COc1cc(C(O)C(O)CCSC(C)=O)cc(OC)c1OC. The Hall–Kier alpha value is -1.44. The molecule has 0 aliphatic carbocycles. The summed E-state index contributed by atoms with van der Waals surface area (Å²) >= 11 is 1.11. The number of methoxy groups -OCH3 is 3. The molecule has 0 spiro atoms. The van der Waals surface area contributed by atoms with Crippen LogP contribution in [0, 0.1) is 0 Å². The van der Waals surface area contributed by atoms with Gasteiger partial charge in [-0.3, -0.25) is 4.79 Å². The van der Waals surface area contributed by atoms with Gasteiger partial charge in [-0.05, 0) is 24.1 Å². The van der Waals surface area contributed by atoms with Crippen LogP contribution in [0.4, 0.5) is 0 Å². The van der Waals surface area contributed by atoms with Crippen molar-refractivity contribution < 1.29 is 29.2 Å². The zero-order valence-corrected chi connectivity index (χ0v) is 14.0. The fourth-order valence-electron chi connectivity index (χ4n) is 1.98. The molecule has 22 heavy (non-hydrogen) atoms. The first-order valence-corrected chi connectivity index (χ1v) is 7.72. The minimum Gasteiger partial charge on any atom is -0.493 e. The monoisotopic (exact) mass is 330 g/mol. The van der Waals surface area contributed by atoms with Gasteiger partial charge in [-0.25, -0.2) is 0 Å². The topological polar surface area (TPSA) is 85.2 Å². The molecule has 0 saturated heterocycles. The van der Waals surface area contributed by atoms with Crippen molar-refractivity contribution >= 4 is 16.9 Å². The summed E-state index contributed by atoms with van der Waals surface area (Å²) in [6.45, 7) is 1.46. The molecule has 124 valence electrons. The van der Waals surface area contributed by atoms with E-state index >= 15 is 0 Å². The predicted molar refractivity (Wildman–Crippen MR) is 84.8 cm³/mol. The lowest BCUT2D eigenvalue weighted by molar-refractivity contribution is -0.109. The van der Waals surface area contributed by atoms with E-state index in [-0.39, 0.29) is 5.12 Å². The number of ether oxygens (including phenoxy) is 3. The minimum absolute atomic E-state index is 0.0190. The molecule has 0 fully saturated rings. The Balaban J connectivity index is 2.92. The van der Waals surface area contributed by atoms with Crippen molar-refractivity contribution in [2.24, 2.45) is 0 Å². The van der Waals surface area contributed by atoms with Gasteiger partial charge in [0.05, 0.1) is 27.4 Å². The highest BCUT2D eigenvalue weighted by Crippen LogP contribution is 2.40. The second-order valence-electron chi connectivity index (χ2n) is 4.60. The normalized spacial score (nSPS) is 13.4. The molecule has 0 bridgehead atoms. The van der Waals surface area contributed by atoms with Gasteiger partial charge in [0.25, 0.3) is 0 Å². The quantitative estimate of drug-likeness (QED) is 0.751. The molecule has 0 aliphatic rings. The Labute approximate surface area is 134 Å². The lowest BCUT2D eigenvalue weighted by atomic mass is 10.0. The third-order valence-electron chi connectivity index (χ3n) is 3.11. The zero-order valence-electron chi connectivity index (χ0n) is 13.2. The second-order valence-corrected chi connectivity index (χ2v) is 5.87. The van der Waals surface area contributed by atoms with E-state index < -0.39 is 12.2 Å². The van der Waals surface area contributed by atoms with Crippen molar-refractivity contribution in [3.63, 3.8) is 0 Å². The Morgan fingerprint density at radius 3 is 2.09 bits per heavy atom. The summed E-state index contributed by atoms with van der Waals surface area (Å²) in [4.78, 5) is 10.9. The van der Waals surface area contributed by atoms with E-state index in [4.69, 9.17) is 14.2 Å². The fourth-order valence-corrected chi connectivity index (χ4v) is 2.62. The van der Waals surface area contributed by atoms with Crippen molar-refractivity contribution in [2.75, 3.05) is 27.1 Å². The lowest BCUT2D eigenvalue weighted by Gasteiger charge is -2.20. The smallest absolute Gasteiger partial charge is 0.203 e. The van der Waals surface area contributed by atoms with Crippen LogP contribution in [0.25, 0.3) is 0 Å². The van der Waals surface area contributed by atoms with Crippen LogP contribution in [0.2, 0.25) is 0 Å². The number of aliphatic hydroxyl groups excluding tert-OH is 2. The van der Waals surface area contributed by atoms with E-state index in [2.05, 4.69) is 0 Å². The van der Waals surface area contributed by atoms with Crippen molar-refractivity contribution in [1.29, 1.82) is 0 Å². The van der Waals surface area contributed by atoms with Gasteiger partial charge in [0.2, 0.25) is 5.75 Å². The molecule has 0 radical (unpaired) electrons. The maximum atomic E-state index is 10.9. The van der Waals surface area contributed by atoms with Gasteiger partial charge in [-0.15, -0.1) is 0 Å². The van der Waals surface area contributed by atoms with E-state index in [1.54, 1.807) is 12.1 Å². The molecule has 1 aromatic rings. The van der Waals surface area contributed by atoms with E-state index in [1.807, 2.05) is 0 Å². The average molecular weight is 330 g/mol. The lowest BCUT2D eigenvalue weighted by Crippen LogP contribution is -2.19. The summed E-state index contributed by atoms with van der Waals surface area (Å²) < 4.78 is 15.6. The maximum Gasteiger partial charge on any atom is 0.203 e. The first-order valence-electron chi connectivity index (χ1n) is 6.74. The molecule has 6 nitrogen and oxygen atoms in total. The number of carbonyl (C=O) groups is 1. The summed E-state index contributed by atoms with van der Waals surface area (Å²) in [6.07, 6.45) is -1.81. The van der Waals surface area contributed by atoms with Crippen molar-refractivity contribution in [3.8, 4) is 17.2 Å². The van der Waals surface area contributed by atoms with Crippen LogP contribution in [-0.2, 0) is 4.79 Å². The van der Waals surface area contributed by atoms with Gasteiger partial charge in [0.15, 0.2) is 16.6 Å². The molecule has 0 heterocycles. The molecular formula is C15H22O6S. The standard InChI is InChI=1S/C15H22O6S/c1-9(16)22-6-5-11(17)14(18)10-7-12(19-2)15(21-4)13(8-10)20-3/h7-8,11,14,17-18H,5-6H2,1-4H3. The van der Waals surface area contributed by atoms with E-state index in [9.17, 15) is 15.0 Å². The molecule has 0 aromatic heterocycles. The maximum absolute atomic E-state index is 10.9. The fraction of sp³-hybridized carbons (Fsp3) is 0.533.